The van der Waals surface area contributed by atoms with Crippen molar-refractivity contribution in [2.24, 2.45) is 0 Å². The van der Waals surface area contributed by atoms with E-state index in [9.17, 15) is 0 Å². The predicted molar refractivity (Wildman–Crippen MR) is 72.7 cm³/mol. The molecule has 3 heteroatoms. The lowest BCUT2D eigenvalue weighted by molar-refractivity contribution is -0.676. The van der Waals surface area contributed by atoms with Crippen molar-refractivity contribution < 1.29 is 17.0 Å². The van der Waals surface area contributed by atoms with E-state index in [1.165, 1.54) is 42.6 Å². The highest BCUT2D eigenvalue weighted by Crippen LogP contribution is 2.08. The Bertz CT molecular complexity index is 295. The Balaban J connectivity index is 0.00000256. The number of hydrogen-bond acceptors (Lipinski definition) is 1. The molecule has 0 radical (unpaired) electrons. The Morgan fingerprint density at radius 1 is 1.06 bits per heavy atom. The van der Waals surface area contributed by atoms with Crippen molar-refractivity contribution in [1.29, 1.82) is 0 Å². The SMILES string of the molecule is CCCCCCSC[n+]1cc(C)cc(C)c1.[Cl-]. The lowest BCUT2D eigenvalue weighted by atomic mass is 10.2. The number of aryl methyl sites for hydroxylation is 2. The van der Waals surface area contributed by atoms with E-state index in [2.05, 4.69) is 43.8 Å². The Labute approximate surface area is 116 Å². The van der Waals surface area contributed by atoms with Gasteiger partial charge in [-0.1, -0.05) is 37.9 Å². The second-order valence-electron chi connectivity index (χ2n) is 4.50. The number of aromatic nitrogens is 1. The summed E-state index contributed by atoms with van der Waals surface area (Å²) >= 11 is 2.04. The second-order valence-corrected chi connectivity index (χ2v) is 5.58. The van der Waals surface area contributed by atoms with Gasteiger partial charge in [-0.05, 0) is 32.1 Å². The van der Waals surface area contributed by atoms with Gasteiger partial charge in [0.05, 0.1) is 0 Å². The average Bonchev–Trinajstić information content (AvgIpc) is 2.22. The first-order chi connectivity index (χ1) is 7.72. The van der Waals surface area contributed by atoms with Crippen molar-refractivity contribution in [3.8, 4) is 0 Å². The summed E-state index contributed by atoms with van der Waals surface area (Å²) in [5.74, 6) is 2.38. The van der Waals surface area contributed by atoms with Crippen LogP contribution in [0.4, 0.5) is 0 Å². The van der Waals surface area contributed by atoms with Crippen molar-refractivity contribution >= 4 is 11.8 Å². The molecule has 17 heavy (non-hydrogen) atoms. The van der Waals surface area contributed by atoms with Gasteiger partial charge < -0.3 is 12.4 Å². The van der Waals surface area contributed by atoms with Gasteiger partial charge in [-0.25, -0.2) is 0 Å². The summed E-state index contributed by atoms with van der Waals surface area (Å²) in [6.07, 6.45) is 9.93. The van der Waals surface area contributed by atoms with Gasteiger partial charge in [0.15, 0.2) is 18.3 Å². The van der Waals surface area contributed by atoms with E-state index < -0.39 is 0 Å². The van der Waals surface area contributed by atoms with Gasteiger partial charge in [0.25, 0.3) is 0 Å². The molecular formula is C14H24ClNS. The molecule has 0 fully saturated rings. The van der Waals surface area contributed by atoms with Gasteiger partial charge in [0, 0.05) is 11.1 Å². The summed E-state index contributed by atoms with van der Waals surface area (Å²) in [6, 6.07) is 2.22. The summed E-state index contributed by atoms with van der Waals surface area (Å²) < 4.78 is 2.30. The van der Waals surface area contributed by atoms with E-state index in [1.807, 2.05) is 11.8 Å². The third-order valence-electron chi connectivity index (χ3n) is 2.58. The molecule has 98 valence electrons. The quantitative estimate of drug-likeness (QED) is 0.527. The lowest BCUT2D eigenvalue weighted by Gasteiger charge is -2.00. The van der Waals surface area contributed by atoms with E-state index in [4.69, 9.17) is 0 Å². The normalized spacial score (nSPS) is 10.1. The molecule has 1 aromatic heterocycles. The molecule has 0 aliphatic heterocycles. The van der Waals surface area contributed by atoms with Crippen molar-refractivity contribution in [3.05, 3.63) is 29.6 Å². The molecule has 0 saturated heterocycles. The van der Waals surface area contributed by atoms with Crippen LogP contribution in [0.3, 0.4) is 0 Å². The molecule has 0 saturated carbocycles. The van der Waals surface area contributed by atoms with E-state index >= 15 is 0 Å². The molecular weight excluding hydrogens is 250 g/mol. The fourth-order valence-electron chi connectivity index (χ4n) is 1.87. The van der Waals surface area contributed by atoms with Crippen LogP contribution in [0, 0.1) is 13.8 Å². The van der Waals surface area contributed by atoms with Crippen LogP contribution in [0.2, 0.25) is 0 Å². The van der Waals surface area contributed by atoms with Gasteiger partial charge in [-0.2, -0.15) is 4.57 Å². The number of pyridine rings is 1. The highest BCUT2D eigenvalue weighted by Gasteiger charge is 2.02. The predicted octanol–water partition coefficient (Wildman–Crippen LogP) is 0.866. The standard InChI is InChI=1S/C14H24NS.ClH/c1-4-5-6-7-8-16-12-15-10-13(2)9-14(3)11-15;/h9-11H,4-8,12H2,1-3H3;1H/q+1;/p-1. The van der Waals surface area contributed by atoms with Crippen LogP contribution in [0.5, 0.6) is 0 Å². The maximum atomic E-state index is 2.30. The number of rotatable bonds is 7. The first kappa shape index (κ1) is 16.8. The van der Waals surface area contributed by atoms with Crippen LogP contribution < -0.4 is 17.0 Å². The van der Waals surface area contributed by atoms with Gasteiger partial charge in [-0.15, -0.1) is 0 Å². The number of hydrogen-bond donors (Lipinski definition) is 0. The monoisotopic (exact) mass is 273 g/mol. The minimum absolute atomic E-state index is 0. The first-order valence-electron chi connectivity index (χ1n) is 6.27. The van der Waals surface area contributed by atoms with Gasteiger partial charge in [0.1, 0.15) is 0 Å². The topological polar surface area (TPSA) is 3.88 Å². The third-order valence-corrected chi connectivity index (χ3v) is 3.63. The van der Waals surface area contributed by atoms with Crippen LogP contribution in [0.1, 0.15) is 43.7 Å². The van der Waals surface area contributed by atoms with Gasteiger partial charge >= 0.3 is 0 Å². The number of unbranched alkanes of at least 4 members (excludes halogenated alkanes) is 3. The van der Waals surface area contributed by atoms with Crippen LogP contribution >= 0.6 is 11.8 Å². The van der Waals surface area contributed by atoms with Crippen LogP contribution in [-0.4, -0.2) is 5.75 Å². The zero-order valence-electron chi connectivity index (χ0n) is 11.2. The van der Waals surface area contributed by atoms with Crippen LogP contribution in [-0.2, 0) is 5.88 Å². The second kappa shape index (κ2) is 9.78. The van der Waals surface area contributed by atoms with E-state index in [-0.39, 0.29) is 12.4 Å². The highest BCUT2D eigenvalue weighted by atomic mass is 35.5. The molecule has 0 aromatic carbocycles. The minimum atomic E-state index is 0. The minimum Gasteiger partial charge on any atom is -1.00 e. The zero-order valence-corrected chi connectivity index (χ0v) is 12.8. The molecule has 0 N–H and O–H groups in total. The summed E-state index contributed by atoms with van der Waals surface area (Å²) in [5, 5.41) is 0. The molecule has 1 nitrogen and oxygen atoms in total. The molecule has 1 heterocycles. The average molecular weight is 274 g/mol. The number of nitrogens with zero attached hydrogens (tertiary/aromatic N) is 1. The summed E-state index contributed by atoms with van der Waals surface area (Å²) in [7, 11) is 0. The summed E-state index contributed by atoms with van der Waals surface area (Å²) in [5.41, 5.74) is 2.71. The maximum absolute atomic E-state index is 2.30. The van der Waals surface area contributed by atoms with Crippen molar-refractivity contribution in [1.82, 2.24) is 0 Å². The Hall–Kier alpha value is -0.210. The maximum Gasteiger partial charge on any atom is 0.194 e. The van der Waals surface area contributed by atoms with E-state index in [0.717, 1.165) is 5.88 Å². The molecule has 0 amide bonds. The molecule has 0 unspecified atom stereocenters. The largest absolute Gasteiger partial charge is 1.00 e. The number of thioether (sulfide) groups is 1. The third kappa shape index (κ3) is 7.67. The Morgan fingerprint density at radius 3 is 2.29 bits per heavy atom. The fourth-order valence-corrected chi connectivity index (χ4v) is 2.77. The van der Waals surface area contributed by atoms with Crippen LogP contribution in [0.15, 0.2) is 18.5 Å². The van der Waals surface area contributed by atoms with Crippen molar-refractivity contribution in [3.63, 3.8) is 0 Å². The van der Waals surface area contributed by atoms with Crippen molar-refractivity contribution in [2.75, 3.05) is 5.75 Å². The molecule has 0 spiro atoms. The van der Waals surface area contributed by atoms with Crippen LogP contribution in [0.25, 0.3) is 0 Å². The smallest absolute Gasteiger partial charge is 0.194 e. The molecule has 0 aliphatic carbocycles. The van der Waals surface area contributed by atoms with E-state index in [0.29, 0.717) is 0 Å². The Morgan fingerprint density at radius 2 is 1.71 bits per heavy atom. The molecule has 1 aromatic rings. The number of halogens is 1. The Kier molecular flexibility index (Phi) is 9.66. The zero-order chi connectivity index (χ0) is 11.8. The summed E-state index contributed by atoms with van der Waals surface area (Å²) in [4.78, 5) is 0. The lowest BCUT2D eigenvalue weighted by Crippen LogP contribution is -3.00. The molecule has 0 aliphatic rings. The van der Waals surface area contributed by atoms with Gasteiger partial charge in [-0.3, -0.25) is 0 Å². The molecule has 0 atom stereocenters. The van der Waals surface area contributed by atoms with Crippen molar-refractivity contribution in [2.45, 2.75) is 52.3 Å². The van der Waals surface area contributed by atoms with E-state index in [1.54, 1.807) is 0 Å². The van der Waals surface area contributed by atoms with Gasteiger partial charge in [0.2, 0.25) is 0 Å². The first-order valence-corrected chi connectivity index (χ1v) is 7.43. The molecule has 0 bridgehead atoms. The molecule has 1 rings (SSSR count). The summed E-state index contributed by atoms with van der Waals surface area (Å²) in [6.45, 7) is 6.59. The highest BCUT2D eigenvalue weighted by molar-refractivity contribution is 7.98. The fraction of sp³-hybridized carbons (Fsp3) is 0.643.